The molecule has 0 aliphatic carbocycles. The Morgan fingerprint density at radius 1 is 1.23 bits per heavy atom. The van der Waals surface area contributed by atoms with Gasteiger partial charge in [-0.3, -0.25) is 4.79 Å². The van der Waals surface area contributed by atoms with Crippen molar-refractivity contribution in [3.05, 3.63) is 23.8 Å². The summed E-state index contributed by atoms with van der Waals surface area (Å²) in [6.07, 6.45) is 2.16. The summed E-state index contributed by atoms with van der Waals surface area (Å²) in [6.45, 7) is 0. The third-order valence-corrected chi connectivity index (χ3v) is 1.25. The molecule has 1 rings (SSSR count). The maximum absolute atomic E-state index is 10.3. The number of aliphatic carboxylic acids is 1. The standard InChI is InChI=1S/C7H6N2O4/c10-5(11)1-4-2-8-6(7(12)13)9-3-4/h2-3H,1H2,(H,10,11)(H,12,13). The second-order valence-electron chi connectivity index (χ2n) is 2.29. The van der Waals surface area contributed by atoms with Gasteiger partial charge in [0.2, 0.25) is 5.82 Å². The Balaban J connectivity index is 2.81. The molecule has 0 saturated heterocycles. The van der Waals surface area contributed by atoms with Gasteiger partial charge in [-0.2, -0.15) is 0 Å². The normalized spacial score (nSPS) is 9.54. The average molecular weight is 182 g/mol. The number of carbonyl (C=O) groups is 2. The number of aromatic carboxylic acids is 1. The van der Waals surface area contributed by atoms with E-state index in [1.165, 1.54) is 12.4 Å². The van der Waals surface area contributed by atoms with Gasteiger partial charge in [0, 0.05) is 12.4 Å². The van der Waals surface area contributed by atoms with Crippen molar-refractivity contribution in [1.29, 1.82) is 0 Å². The molecule has 6 heteroatoms. The smallest absolute Gasteiger partial charge is 0.373 e. The minimum Gasteiger partial charge on any atom is -0.481 e. The Morgan fingerprint density at radius 2 is 1.77 bits per heavy atom. The second-order valence-corrected chi connectivity index (χ2v) is 2.29. The number of rotatable bonds is 3. The summed E-state index contributed by atoms with van der Waals surface area (Å²) in [5.41, 5.74) is 0.373. The van der Waals surface area contributed by atoms with Crippen LogP contribution in [0.4, 0.5) is 0 Å². The van der Waals surface area contributed by atoms with Gasteiger partial charge in [-0.25, -0.2) is 14.8 Å². The largest absolute Gasteiger partial charge is 0.481 e. The van der Waals surface area contributed by atoms with Gasteiger partial charge in [0.25, 0.3) is 0 Å². The third-order valence-electron chi connectivity index (χ3n) is 1.25. The highest BCUT2D eigenvalue weighted by Crippen LogP contribution is 1.97. The number of nitrogens with zero attached hydrogens (tertiary/aromatic N) is 2. The van der Waals surface area contributed by atoms with Crippen LogP contribution in [0.1, 0.15) is 16.2 Å². The van der Waals surface area contributed by atoms with Gasteiger partial charge in [0.05, 0.1) is 6.42 Å². The minimum atomic E-state index is -1.23. The van der Waals surface area contributed by atoms with Crippen molar-refractivity contribution in [2.45, 2.75) is 6.42 Å². The zero-order valence-electron chi connectivity index (χ0n) is 6.47. The van der Waals surface area contributed by atoms with Crippen molar-refractivity contribution in [1.82, 2.24) is 9.97 Å². The third kappa shape index (κ3) is 2.51. The Bertz CT molecular complexity index is 333. The molecule has 1 heterocycles. The molecule has 13 heavy (non-hydrogen) atoms. The SMILES string of the molecule is O=C(O)Cc1cnc(C(=O)O)nc1. The Kier molecular flexibility index (Phi) is 2.53. The van der Waals surface area contributed by atoms with Gasteiger partial charge in [0.15, 0.2) is 0 Å². The molecule has 0 fully saturated rings. The van der Waals surface area contributed by atoms with Crippen LogP contribution >= 0.6 is 0 Å². The van der Waals surface area contributed by atoms with Crippen molar-refractivity contribution in [2.24, 2.45) is 0 Å². The Morgan fingerprint density at radius 3 is 2.15 bits per heavy atom. The zero-order valence-corrected chi connectivity index (χ0v) is 6.47. The van der Waals surface area contributed by atoms with Crippen molar-refractivity contribution in [3.63, 3.8) is 0 Å². The molecule has 0 aliphatic rings. The van der Waals surface area contributed by atoms with E-state index in [9.17, 15) is 9.59 Å². The molecular formula is C7H6N2O4. The zero-order chi connectivity index (χ0) is 9.84. The number of aromatic nitrogens is 2. The van der Waals surface area contributed by atoms with Crippen LogP contribution in [0.25, 0.3) is 0 Å². The van der Waals surface area contributed by atoms with Crippen molar-refractivity contribution in [2.75, 3.05) is 0 Å². The fourth-order valence-electron chi connectivity index (χ4n) is 0.731. The monoisotopic (exact) mass is 182 g/mol. The molecule has 2 N–H and O–H groups in total. The lowest BCUT2D eigenvalue weighted by Gasteiger charge is -1.95. The first kappa shape index (κ1) is 9.11. The van der Waals surface area contributed by atoms with Gasteiger partial charge in [-0.05, 0) is 5.56 Å². The van der Waals surface area contributed by atoms with E-state index < -0.39 is 11.9 Å². The fraction of sp³-hybridized carbons (Fsp3) is 0.143. The molecule has 0 aliphatic heterocycles. The first-order valence-corrected chi connectivity index (χ1v) is 3.35. The van der Waals surface area contributed by atoms with Crippen LogP contribution in [0.5, 0.6) is 0 Å². The number of carboxylic acids is 2. The maximum atomic E-state index is 10.3. The molecule has 0 atom stereocenters. The summed E-state index contributed by atoms with van der Waals surface area (Å²) in [7, 11) is 0. The first-order valence-electron chi connectivity index (χ1n) is 3.35. The quantitative estimate of drug-likeness (QED) is 0.671. The van der Waals surface area contributed by atoms with E-state index in [0.29, 0.717) is 5.56 Å². The number of hydrogen-bond donors (Lipinski definition) is 2. The topological polar surface area (TPSA) is 100 Å². The highest BCUT2D eigenvalue weighted by molar-refractivity contribution is 5.82. The van der Waals surface area contributed by atoms with Crippen LogP contribution in [0.15, 0.2) is 12.4 Å². The summed E-state index contributed by atoms with van der Waals surface area (Å²) in [5.74, 6) is -2.58. The lowest BCUT2D eigenvalue weighted by Crippen LogP contribution is -2.06. The van der Waals surface area contributed by atoms with Crippen LogP contribution < -0.4 is 0 Å². The molecule has 0 unspecified atom stereocenters. The van der Waals surface area contributed by atoms with E-state index >= 15 is 0 Å². The van der Waals surface area contributed by atoms with E-state index in [-0.39, 0.29) is 12.2 Å². The summed E-state index contributed by atoms with van der Waals surface area (Å²) < 4.78 is 0. The van der Waals surface area contributed by atoms with Gasteiger partial charge >= 0.3 is 11.9 Å². The number of carboxylic acid groups (broad SMARTS) is 2. The maximum Gasteiger partial charge on any atom is 0.373 e. The molecule has 0 amide bonds. The van der Waals surface area contributed by atoms with Gasteiger partial charge < -0.3 is 10.2 Å². The second kappa shape index (κ2) is 3.61. The summed E-state index contributed by atoms with van der Waals surface area (Å²) in [5, 5.41) is 16.8. The minimum absolute atomic E-state index is 0.208. The molecule has 0 spiro atoms. The lowest BCUT2D eigenvalue weighted by atomic mass is 10.2. The highest BCUT2D eigenvalue weighted by atomic mass is 16.4. The van der Waals surface area contributed by atoms with Crippen molar-refractivity contribution >= 4 is 11.9 Å². The molecule has 1 aromatic heterocycles. The van der Waals surface area contributed by atoms with E-state index in [4.69, 9.17) is 10.2 Å². The molecule has 68 valence electrons. The van der Waals surface area contributed by atoms with Crippen LogP contribution in [0.3, 0.4) is 0 Å². The van der Waals surface area contributed by atoms with Crippen LogP contribution in [0.2, 0.25) is 0 Å². The van der Waals surface area contributed by atoms with Crippen LogP contribution in [-0.4, -0.2) is 32.1 Å². The lowest BCUT2D eigenvalue weighted by molar-refractivity contribution is -0.136. The fourth-order valence-corrected chi connectivity index (χ4v) is 0.731. The van der Waals surface area contributed by atoms with Gasteiger partial charge in [-0.15, -0.1) is 0 Å². The van der Waals surface area contributed by atoms with Crippen LogP contribution in [-0.2, 0) is 11.2 Å². The Hall–Kier alpha value is -1.98. The Labute approximate surface area is 72.9 Å². The summed E-state index contributed by atoms with van der Waals surface area (Å²) in [6, 6.07) is 0. The van der Waals surface area contributed by atoms with E-state index in [1.807, 2.05) is 0 Å². The van der Waals surface area contributed by atoms with Crippen LogP contribution in [0, 0.1) is 0 Å². The molecule has 0 radical (unpaired) electrons. The molecule has 1 aromatic rings. The summed E-state index contributed by atoms with van der Waals surface area (Å²) in [4.78, 5) is 27.4. The molecule has 0 bridgehead atoms. The molecule has 0 aromatic carbocycles. The predicted molar refractivity (Wildman–Crippen MR) is 40.3 cm³/mol. The number of hydrogen-bond acceptors (Lipinski definition) is 4. The van der Waals surface area contributed by atoms with Gasteiger partial charge in [0.1, 0.15) is 0 Å². The van der Waals surface area contributed by atoms with Crippen molar-refractivity contribution in [3.8, 4) is 0 Å². The van der Waals surface area contributed by atoms with E-state index in [2.05, 4.69) is 9.97 Å². The predicted octanol–water partition coefficient (Wildman–Crippen LogP) is -0.198. The first-order chi connectivity index (χ1) is 6.09. The van der Waals surface area contributed by atoms with Crippen molar-refractivity contribution < 1.29 is 19.8 Å². The molecular weight excluding hydrogens is 176 g/mol. The van der Waals surface area contributed by atoms with E-state index in [0.717, 1.165) is 0 Å². The van der Waals surface area contributed by atoms with Gasteiger partial charge in [-0.1, -0.05) is 0 Å². The highest BCUT2D eigenvalue weighted by Gasteiger charge is 2.06. The summed E-state index contributed by atoms with van der Waals surface area (Å²) >= 11 is 0. The molecule has 0 saturated carbocycles. The average Bonchev–Trinajstić information content (AvgIpc) is 2.04. The molecule has 6 nitrogen and oxygen atoms in total. The van der Waals surface area contributed by atoms with E-state index in [1.54, 1.807) is 0 Å².